The molecule has 3 rings (SSSR count). The quantitative estimate of drug-likeness (QED) is 0.844. The molecule has 2 aliphatic heterocycles. The third-order valence-corrected chi connectivity index (χ3v) is 7.64. The van der Waals surface area contributed by atoms with E-state index < -0.39 is 16.1 Å². The predicted octanol–water partition coefficient (Wildman–Crippen LogP) is 1.73. The van der Waals surface area contributed by atoms with Crippen LogP contribution in [-0.4, -0.2) is 49.2 Å². The molecule has 2 heterocycles. The van der Waals surface area contributed by atoms with E-state index in [4.69, 9.17) is 5.73 Å². The fraction of sp³-hybridized carbons (Fsp3) is 0.632. The van der Waals surface area contributed by atoms with Gasteiger partial charge in [-0.25, -0.2) is 8.42 Å². The van der Waals surface area contributed by atoms with E-state index >= 15 is 0 Å². The van der Waals surface area contributed by atoms with E-state index in [-0.39, 0.29) is 11.8 Å². The zero-order valence-corrected chi connectivity index (χ0v) is 16.5. The SMILES string of the molecule is CC[C@H](C)[C@H](N)C(=O)N1CCc2ccc(S(=O)(=O)N3CCCC3)cc2C1. The number of nitrogens with two attached hydrogens (primary N) is 1. The number of fused-ring (bicyclic) bond motifs is 1. The monoisotopic (exact) mass is 379 g/mol. The van der Waals surface area contributed by atoms with Crippen LogP contribution >= 0.6 is 0 Å². The maximum atomic E-state index is 12.8. The Morgan fingerprint density at radius 3 is 2.54 bits per heavy atom. The maximum absolute atomic E-state index is 12.8. The van der Waals surface area contributed by atoms with Crippen molar-refractivity contribution in [3.63, 3.8) is 0 Å². The van der Waals surface area contributed by atoms with Crippen LogP contribution in [0.2, 0.25) is 0 Å². The van der Waals surface area contributed by atoms with Crippen molar-refractivity contribution in [2.24, 2.45) is 11.7 Å². The summed E-state index contributed by atoms with van der Waals surface area (Å²) in [4.78, 5) is 14.8. The third kappa shape index (κ3) is 3.66. The van der Waals surface area contributed by atoms with Crippen LogP contribution in [0, 0.1) is 5.92 Å². The van der Waals surface area contributed by atoms with E-state index in [9.17, 15) is 13.2 Å². The van der Waals surface area contributed by atoms with Gasteiger partial charge in [0.1, 0.15) is 0 Å². The Balaban J connectivity index is 1.81. The third-order valence-electron chi connectivity index (χ3n) is 5.75. The molecule has 0 radical (unpaired) electrons. The summed E-state index contributed by atoms with van der Waals surface area (Å²) in [5.74, 6) is 0.0866. The molecule has 144 valence electrons. The van der Waals surface area contributed by atoms with Gasteiger partial charge in [0.2, 0.25) is 15.9 Å². The van der Waals surface area contributed by atoms with Crippen LogP contribution in [0.1, 0.15) is 44.2 Å². The Hall–Kier alpha value is -1.44. The lowest BCUT2D eigenvalue weighted by Crippen LogP contribution is -2.48. The molecule has 0 saturated carbocycles. The summed E-state index contributed by atoms with van der Waals surface area (Å²) in [5.41, 5.74) is 8.15. The van der Waals surface area contributed by atoms with Crippen molar-refractivity contribution in [3.05, 3.63) is 29.3 Å². The first-order chi connectivity index (χ1) is 12.3. The van der Waals surface area contributed by atoms with Crippen molar-refractivity contribution in [2.75, 3.05) is 19.6 Å². The molecule has 0 aromatic heterocycles. The fourth-order valence-corrected chi connectivity index (χ4v) is 5.24. The van der Waals surface area contributed by atoms with Crippen LogP contribution in [0.4, 0.5) is 0 Å². The molecule has 0 unspecified atom stereocenters. The summed E-state index contributed by atoms with van der Waals surface area (Å²) in [6, 6.07) is 4.85. The van der Waals surface area contributed by atoms with Gasteiger partial charge in [-0.05, 0) is 48.4 Å². The molecule has 1 aromatic rings. The zero-order valence-electron chi connectivity index (χ0n) is 15.6. The highest BCUT2D eigenvalue weighted by atomic mass is 32.2. The minimum Gasteiger partial charge on any atom is -0.337 e. The van der Waals surface area contributed by atoms with Gasteiger partial charge >= 0.3 is 0 Å². The Labute approximate surface area is 156 Å². The van der Waals surface area contributed by atoms with Crippen LogP contribution in [0.3, 0.4) is 0 Å². The smallest absolute Gasteiger partial charge is 0.243 e. The van der Waals surface area contributed by atoms with Crippen molar-refractivity contribution >= 4 is 15.9 Å². The summed E-state index contributed by atoms with van der Waals surface area (Å²) >= 11 is 0. The zero-order chi connectivity index (χ0) is 18.9. The average Bonchev–Trinajstić information content (AvgIpc) is 3.20. The van der Waals surface area contributed by atoms with E-state index in [1.807, 2.05) is 19.9 Å². The van der Waals surface area contributed by atoms with Crippen LogP contribution in [0.5, 0.6) is 0 Å². The molecule has 2 N–H and O–H groups in total. The van der Waals surface area contributed by atoms with Gasteiger partial charge in [0.25, 0.3) is 0 Å². The van der Waals surface area contributed by atoms with E-state index in [1.165, 1.54) is 0 Å². The molecule has 1 amide bonds. The number of amides is 1. The van der Waals surface area contributed by atoms with Gasteiger partial charge in [0.15, 0.2) is 0 Å². The molecule has 1 saturated heterocycles. The minimum atomic E-state index is -3.44. The Morgan fingerprint density at radius 2 is 1.88 bits per heavy atom. The fourth-order valence-electron chi connectivity index (χ4n) is 3.67. The van der Waals surface area contributed by atoms with E-state index in [2.05, 4.69) is 0 Å². The minimum absolute atomic E-state index is 0.0437. The lowest BCUT2D eigenvalue weighted by atomic mass is 9.95. The molecular weight excluding hydrogens is 350 g/mol. The Kier molecular flexibility index (Phi) is 5.69. The van der Waals surface area contributed by atoms with Crippen molar-refractivity contribution in [2.45, 2.75) is 57.0 Å². The molecule has 0 spiro atoms. The molecule has 0 aliphatic carbocycles. The number of rotatable bonds is 5. The highest BCUT2D eigenvalue weighted by molar-refractivity contribution is 7.89. The number of hydrogen-bond acceptors (Lipinski definition) is 4. The van der Waals surface area contributed by atoms with Crippen molar-refractivity contribution in [1.82, 2.24) is 9.21 Å². The first-order valence-electron chi connectivity index (χ1n) is 9.51. The molecule has 1 aromatic carbocycles. The predicted molar refractivity (Wildman–Crippen MR) is 101 cm³/mol. The average molecular weight is 380 g/mol. The van der Waals surface area contributed by atoms with E-state index in [0.29, 0.717) is 31.1 Å². The largest absolute Gasteiger partial charge is 0.337 e. The topological polar surface area (TPSA) is 83.7 Å². The van der Waals surface area contributed by atoms with Gasteiger partial charge in [-0.15, -0.1) is 0 Å². The second-order valence-electron chi connectivity index (χ2n) is 7.46. The molecule has 0 bridgehead atoms. The standard InChI is InChI=1S/C19H29N3O3S/c1-3-14(2)18(20)19(23)21-11-8-15-6-7-17(12-16(15)13-21)26(24,25)22-9-4-5-10-22/h6-7,12,14,18H,3-5,8-11,13,20H2,1-2H3/t14-,18-/m0/s1. The number of hydrogen-bond donors (Lipinski definition) is 1. The number of carbonyl (C=O) groups excluding carboxylic acids is 1. The second kappa shape index (κ2) is 7.66. The normalized spacial score (nSPS) is 20.7. The highest BCUT2D eigenvalue weighted by Gasteiger charge is 2.30. The summed E-state index contributed by atoms with van der Waals surface area (Å²) in [5, 5.41) is 0. The highest BCUT2D eigenvalue weighted by Crippen LogP contribution is 2.27. The summed E-state index contributed by atoms with van der Waals surface area (Å²) in [6.07, 6.45) is 3.42. The van der Waals surface area contributed by atoms with Gasteiger partial charge in [0, 0.05) is 26.2 Å². The number of nitrogens with zero attached hydrogens (tertiary/aromatic N) is 2. The Bertz CT molecular complexity index is 772. The number of sulfonamides is 1. The number of carbonyl (C=O) groups is 1. The summed E-state index contributed by atoms with van der Waals surface area (Å²) in [6.45, 7) is 6.26. The molecule has 2 aliphatic rings. The van der Waals surface area contributed by atoms with E-state index in [0.717, 1.165) is 36.8 Å². The molecule has 2 atom stereocenters. The molecule has 6 nitrogen and oxygen atoms in total. The molecule has 26 heavy (non-hydrogen) atoms. The van der Waals surface area contributed by atoms with Crippen LogP contribution < -0.4 is 5.73 Å². The summed E-state index contributed by atoms with van der Waals surface area (Å²) in [7, 11) is -3.44. The maximum Gasteiger partial charge on any atom is 0.243 e. The van der Waals surface area contributed by atoms with Gasteiger partial charge < -0.3 is 10.6 Å². The molecular formula is C19H29N3O3S. The van der Waals surface area contributed by atoms with Crippen molar-refractivity contribution in [3.8, 4) is 0 Å². The van der Waals surface area contributed by atoms with Gasteiger partial charge in [-0.3, -0.25) is 4.79 Å². The lowest BCUT2D eigenvalue weighted by Gasteiger charge is -2.32. The van der Waals surface area contributed by atoms with Crippen LogP contribution in [-0.2, 0) is 27.8 Å². The van der Waals surface area contributed by atoms with Crippen molar-refractivity contribution < 1.29 is 13.2 Å². The first-order valence-corrected chi connectivity index (χ1v) is 10.9. The van der Waals surface area contributed by atoms with Crippen molar-refractivity contribution in [1.29, 1.82) is 0 Å². The molecule has 1 fully saturated rings. The van der Waals surface area contributed by atoms with Gasteiger partial charge in [-0.2, -0.15) is 4.31 Å². The van der Waals surface area contributed by atoms with E-state index in [1.54, 1.807) is 21.3 Å². The van der Waals surface area contributed by atoms with Gasteiger partial charge in [0.05, 0.1) is 10.9 Å². The lowest BCUT2D eigenvalue weighted by molar-refractivity contribution is -0.134. The Morgan fingerprint density at radius 1 is 1.19 bits per heavy atom. The molecule has 7 heteroatoms. The van der Waals surface area contributed by atoms with Crippen LogP contribution in [0.15, 0.2) is 23.1 Å². The second-order valence-corrected chi connectivity index (χ2v) is 9.40. The first kappa shape index (κ1) is 19.3. The summed E-state index contributed by atoms with van der Waals surface area (Å²) < 4.78 is 27.1. The van der Waals surface area contributed by atoms with Gasteiger partial charge in [-0.1, -0.05) is 26.3 Å². The van der Waals surface area contributed by atoms with Crippen LogP contribution in [0.25, 0.3) is 0 Å². The number of benzene rings is 1.